The molecule has 1 aliphatic heterocycles. The van der Waals surface area contributed by atoms with Crippen LogP contribution >= 0.6 is 0 Å². The van der Waals surface area contributed by atoms with E-state index in [9.17, 15) is 14.4 Å². The van der Waals surface area contributed by atoms with Gasteiger partial charge in [-0.05, 0) is 65.0 Å². The third-order valence-electron chi connectivity index (χ3n) is 6.18. The summed E-state index contributed by atoms with van der Waals surface area (Å²) < 4.78 is 7.12. The standard InChI is InChI=1S/C25H34N4O4/c1-25(2,3)33-24(32)26-16-18-8-6-7-15-28(18)22(30)14-13-21-27-20-10-5-4-9-19(20)23(31)29(21)17-11-12-17/h4-5,9-10,17-18H,6-8,11-16H2,1-3H3,(H,26,32). The SMILES string of the molecule is CC(C)(C)OC(=O)NCC1CCCCN1C(=O)CCc1nc2ccccc2c(=O)n1C1CC1. The highest BCUT2D eigenvalue weighted by Crippen LogP contribution is 2.35. The predicted octanol–water partition coefficient (Wildman–Crippen LogP) is 3.57. The number of hydrogen-bond donors (Lipinski definition) is 1. The lowest BCUT2D eigenvalue weighted by molar-refractivity contribution is -0.134. The van der Waals surface area contributed by atoms with Gasteiger partial charge >= 0.3 is 6.09 Å². The van der Waals surface area contributed by atoms with Gasteiger partial charge in [-0.15, -0.1) is 0 Å². The van der Waals surface area contributed by atoms with Gasteiger partial charge in [-0.1, -0.05) is 12.1 Å². The van der Waals surface area contributed by atoms with E-state index in [0.717, 1.165) is 32.1 Å². The van der Waals surface area contributed by atoms with Crippen LogP contribution in [0.25, 0.3) is 10.9 Å². The summed E-state index contributed by atoms with van der Waals surface area (Å²) in [7, 11) is 0. The molecule has 0 radical (unpaired) electrons. The molecule has 8 nitrogen and oxygen atoms in total. The first kappa shape index (κ1) is 23.3. The van der Waals surface area contributed by atoms with Gasteiger partial charge in [0.15, 0.2) is 0 Å². The highest BCUT2D eigenvalue weighted by atomic mass is 16.6. The molecule has 1 unspecified atom stereocenters. The highest BCUT2D eigenvalue weighted by Gasteiger charge is 2.30. The Morgan fingerprint density at radius 2 is 1.91 bits per heavy atom. The van der Waals surface area contributed by atoms with Crippen LogP contribution in [0.15, 0.2) is 29.1 Å². The minimum atomic E-state index is -0.559. The Morgan fingerprint density at radius 3 is 2.64 bits per heavy atom. The summed E-state index contributed by atoms with van der Waals surface area (Å²) in [6.07, 6.45) is 5.04. The van der Waals surface area contributed by atoms with Gasteiger partial charge in [0.2, 0.25) is 5.91 Å². The fourth-order valence-corrected chi connectivity index (χ4v) is 4.50. The van der Waals surface area contributed by atoms with Crippen LogP contribution in [-0.4, -0.2) is 51.2 Å². The molecule has 1 saturated carbocycles. The topological polar surface area (TPSA) is 93.5 Å². The molecule has 2 aromatic rings. The van der Waals surface area contributed by atoms with Crippen molar-refractivity contribution in [3.8, 4) is 0 Å². The Balaban J connectivity index is 1.43. The van der Waals surface area contributed by atoms with E-state index in [2.05, 4.69) is 5.32 Å². The van der Waals surface area contributed by atoms with Crippen LogP contribution in [0.2, 0.25) is 0 Å². The molecule has 2 fully saturated rings. The van der Waals surface area contributed by atoms with Crippen molar-refractivity contribution >= 4 is 22.9 Å². The van der Waals surface area contributed by atoms with E-state index in [0.29, 0.717) is 42.7 Å². The zero-order valence-corrected chi connectivity index (χ0v) is 19.8. The van der Waals surface area contributed by atoms with Gasteiger partial charge in [-0.3, -0.25) is 14.2 Å². The van der Waals surface area contributed by atoms with Crippen LogP contribution < -0.4 is 10.9 Å². The molecule has 2 aliphatic rings. The second-order valence-electron chi connectivity index (χ2n) is 10.1. The zero-order valence-electron chi connectivity index (χ0n) is 19.8. The number of likely N-dealkylation sites (tertiary alicyclic amines) is 1. The van der Waals surface area contributed by atoms with Gasteiger partial charge in [0.05, 0.1) is 10.9 Å². The summed E-state index contributed by atoms with van der Waals surface area (Å²) in [6, 6.07) is 7.54. The number of fused-ring (bicyclic) bond motifs is 1. The molecule has 1 aromatic heterocycles. The third-order valence-corrected chi connectivity index (χ3v) is 6.18. The maximum Gasteiger partial charge on any atom is 0.407 e. The van der Waals surface area contributed by atoms with Crippen molar-refractivity contribution in [3.63, 3.8) is 0 Å². The quantitative estimate of drug-likeness (QED) is 0.720. The molecule has 2 amide bonds. The van der Waals surface area contributed by atoms with E-state index < -0.39 is 11.7 Å². The molecular weight excluding hydrogens is 420 g/mol. The number of aryl methyl sites for hydroxylation is 1. The number of hydrogen-bond acceptors (Lipinski definition) is 5. The smallest absolute Gasteiger partial charge is 0.407 e. The number of carbonyl (C=O) groups excluding carboxylic acids is 2. The van der Waals surface area contributed by atoms with E-state index in [1.807, 2.05) is 49.9 Å². The molecule has 0 bridgehead atoms. The number of nitrogens with zero attached hydrogens (tertiary/aromatic N) is 3. The van der Waals surface area contributed by atoms with Crippen molar-refractivity contribution in [2.45, 2.75) is 83.4 Å². The van der Waals surface area contributed by atoms with Gasteiger partial charge in [-0.25, -0.2) is 9.78 Å². The van der Waals surface area contributed by atoms with Gasteiger partial charge in [-0.2, -0.15) is 0 Å². The number of rotatable bonds is 6. The number of amides is 2. The van der Waals surface area contributed by atoms with Crippen LogP contribution in [0.5, 0.6) is 0 Å². The summed E-state index contributed by atoms with van der Waals surface area (Å²) in [6.45, 7) is 6.53. The molecule has 2 heterocycles. The minimum Gasteiger partial charge on any atom is -0.444 e. The van der Waals surface area contributed by atoms with E-state index in [-0.39, 0.29) is 23.6 Å². The molecule has 178 valence electrons. The van der Waals surface area contributed by atoms with Gasteiger partial charge in [0, 0.05) is 38.0 Å². The molecule has 8 heteroatoms. The Bertz CT molecular complexity index is 1080. The lowest BCUT2D eigenvalue weighted by atomic mass is 10.0. The fourth-order valence-electron chi connectivity index (χ4n) is 4.50. The number of carbonyl (C=O) groups is 2. The molecule has 1 atom stereocenters. The third kappa shape index (κ3) is 5.72. The van der Waals surface area contributed by atoms with Gasteiger partial charge < -0.3 is 15.0 Å². The average molecular weight is 455 g/mol. The van der Waals surface area contributed by atoms with Crippen LogP contribution in [0.1, 0.15) is 71.2 Å². The number of benzene rings is 1. The monoisotopic (exact) mass is 454 g/mol. The largest absolute Gasteiger partial charge is 0.444 e. The van der Waals surface area contributed by atoms with Crippen molar-refractivity contribution in [3.05, 3.63) is 40.4 Å². The Kier molecular flexibility index (Phi) is 6.72. The summed E-state index contributed by atoms with van der Waals surface area (Å²) >= 11 is 0. The van der Waals surface area contributed by atoms with E-state index >= 15 is 0 Å². The van der Waals surface area contributed by atoms with Crippen molar-refractivity contribution in [1.29, 1.82) is 0 Å². The number of piperidine rings is 1. The molecule has 33 heavy (non-hydrogen) atoms. The maximum atomic E-state index is 13.2. The van der Waals surface area contributed by atoms with Gasteiger partial charge in [0.1, 0.15) is 11.4 Å². The highest BCUT2D eigenvalue weighted by molar-refractivity contribution is 5.78. The number of nitrogens with one attached hydrogen (secondary N) is 1. The number of aromatic nitrogens is 2. The molecule has 1 saturated heterocycles. The van der Waals surface area contributed by atoms with E-state index in [1.165, 1.54) is 0 Å². The van der Waals surface area contributed by atoms with E-state index in [4.69, 9.17) is 9.72 Å². The van der Waals surface area contributed by atoms with Crippen LogP contribution in [0.4, 0.5) is 4.79 Å². The molecule has 0 spiro atoms. The van der Waals surface area contributed by atoms with Crippen molar-refractivity contribution in [2.75, 3.05) is 13.1 Å². The average Bonchev–Trinajstić information content (AvgIpc) is 3.60. The Labute approximate surface area is 194 Å². The predicted molar refractivity (Wildman–Crippen MR) is 126 cm³/mol. The first-order valence-corrected chi connectivity index (χ1v) is 12.0. The molecule has 1 N–H and O–H groups in total. The van der Waals surface area contributed by atoms with Crippen molar-refractivity contribution in [1.82, 2.24) is 19.8 Å². The number of para-hydroxylation sites is 1. The zero-order chi connectivity index (χ0) is 23.6. The molecule has 4 rings (SSSR count). The van der Waals surface area contributed by atoms with Crippen molar-refractivity contribution < 1.29 is 14.3 Å². The van der Waals surface area contributed by atoms with Crippen molar-refractivity contribution in [2.24, 2.45) is 0 Å². The first-order valence-electron chi connectivity index (χ1n) is 12.0. The Morgan fingerprint density at radius 1 is 1.15 bits per heavy atom. The summed E-state index contributed by atoms with van der Waals surface area (Å²) in [5.74, 6) is 0.727. The minimum absolute atomic E-state index is 0.0111. The van der Waals surface area contributed by atoms with Crippen LogP contribution in [0.3, 0.4) is 0 Å². The lowest BCUT2D eigenvalue weighted by Crippen LogP contribution is -2.50. The summed E-state index contributed by atoms with van der Waals surface area (Å²) in [5, 5.41) is 3.44. The number of alkyl carbamates (subject to hydrolysis) is 1. The fraction of sp³-hybridized carbons (Fsp3) is 0.600. The van der Waals surface area contributed by atoms with Crippen LogP contribution in [-0.2, 0) is 16.0 Å². The maximum absolute atomic E-state index is 13.2. The lowest BCUT2D eigenvalue weighted by Gasteiger charge is -2.36. The first-order chi connectivity index (χ1) is 15.7. The molecular formula is C25H34N4O4. The van der Waals surface area contributed by atoms with Gasteiger partial charge in [0.25, 0.3) is 5.56 Å². The normalized spacial score (nSPS) is 18.9. The van der Waals surface area contributed by atoms with Crippen LogP contribution in [0, 0.1) is 0 Å². The molecule has 1 aliphatic carbocycles. The second-order valence-corrected chi connectivity index (χ2v) is 10.1. The Hall–Kier alpha value is -2.90. The second kappa shape index (κ2) is 9.53. The number of ether oxygens (including phenoxy) is 1. The summed E-state index contributed by atoms with van der Waals surface area (Å²) in [5.41, 5.74) is 0.110. The van der Waals surface area contributed by atoms with E-state index in [1.54, 1.807) is 4.57 Å². The molecule has 1 aromatic carbocycles. The summed E-state index contributed by atoms with van der Waals surface area (Å²) in [4.78, 5) is 44.9.